The molecular formula is C12H23NOS. The predicted octanol–water partition coefficient (Wildman–Crippen LogP) is 2.07. The first kappa shape index (κ1) is 11.6. The van der Waals surface area contributed by atoms with Crippen LogP contribution in [-0.2, 0) is 10.8 Å². The van der Waals surface area contributed by atoms with E-state index in [1.807, 2.05) is 0 Å². The van der Waals surface area contributed by atoms with Crippen molar-refractivity contribution in [1.29, 1.82) is 0 Å². The fourth-order valence-electron chi connectivity index (χ4n) is 2.79. The van der Waals surface area contributed by atoms with Crippen LogP contribution in [0.1, 0.15) is 45.4 Å². The molecule has 0 spiro atoms. The first-order valence-corrected chi connectivity index (χ1v) is 7.75. The van der Waals surface area contributed by atoms with Crippen LogP contribution >= 0.6 is 0 Å². The molecular weight excluding hydrogens is 206 g/mol. The van der Waals surface area contributed by atoms with E-state index in [-0.39, 0.29) is 0 Å². The van der Waals surface area contributed by atoms with Gasteiger partial charge >= 0.3 is 0 Å². The van der Waals surface area contributed by atoms with Crippen molar-refractivity contribution in [3.05, 3.63) is 0 Å². The highest BCUT2D eigenvalue weighted by molar-refractivity contribution is 7.85. The Balaban J connectivity index is 1.71. The summed E-state index contributed by atoms with van der Waals surface area (Å²) in [6, 6.07) is 0.639. The summed E-state index contributed by atoms with van der Waals surface area (Å²) >= 11 is 0. The molecule has 88 valence electrons. The van der Waals surface area contributed by atoms with Crippen molar-refractivity contribution in [2.45, 2.75) is 51.5 Å². The predicted molar refractivity (Wildman–Crippen MR) is 65.5 cm³/mol. The average Bonchev–Trinajstić information content (AvgIpc) is 2.65. The third-order valence-corrected chi connectivity index (χ3v) is 5.40. The molecule has 0 aromatic rings. The van der Waals surface area contributed by atoms with Crippen LogP contribution in [-0.4, -0.2) is 28.3 Å². The Hall–Kier alpha value is 0.110. The average molecular weight is 229 g/mol. The van der Waals surface area contributed by atoms with E-state index in [1.165, 1.54) is 32.2 Å². The second-order valence-corrected chi connectivity index (χ2v) is 7.22. The highest BCUT2D eigenvalue weighted by atomic mass is 32.2. The molecule has 2 nitrogen and oxygen atoms in total. The first-order chi connectivity index (χ1) is 7.18. The van der Waals surface area contributed by atoms with Gasteiger partial charge in [-0.25, -0.2) is 0 Å². The molecule has 3 heteroatoms. The summed E-state index contributed by atoms with van der Waals surface area (Å²) in [5.41, 5.74) is 0.552. The molecule has 15 heavy (non-hydrogen) atoms. The summed E-state index contributed by atoms with van der Waals surface area (Å²) in [7, 11) is -0.517. The molecule has 1 aliphatic heterocycles. The normalized spacial score (nSPS) is 35.5. The summed E-state index contributed by atoms with van der Waals surface area (Å²) < 4.78 is 11.2. The van der Waals surface area contributed by atoms with Crippen LogP contribution in [0.2, 0.25) is 0 Å². The lowest BCUT2D eigenvalue weighted by Gasteiger charge is -2.29. The molecule has 2 rings (SSSR count). The van der Waals surface area contributed by atoms with Crippen molar-refractivity contribution in [2.75, 3.05) is 18.1 Å². The minimum absolute atomic E-state index is 0.517. The maximum absolute atomic E-state index is 11.2. The number of rotatable bonds is 3. The first-order valence-electron chi connectivity index (χ1n) is 6.26. The Morgan fingerprint density at radius 2 is 1.87 bits per heavy atom. The van der Waals surface area contributed by atoms with Gasteiger partial charge in [0, 0.05) is 34.9 Å². The highest BCUT2D eigenvalue weighted by Crippen LogP contribution is 2.36. The molecule has 1 aliphatic carbocycles. The highest BCUT2D eigenvalue weighted by Gasteiger charge is 2.29. The Kier molecular flexibility index (Phi) is 3.83. The lowest BCUT2D eigenvalue weighted by molar-refractivity contribution is 0.291. The number of nitrogens with one attached hydrogen (secondary N) is 1. The molecule has 0 atom stereocenters. The van der Waals surface area contributed by atoms with E-state index >= 15 is 0 Å². The van der Waals surface area contributed by atoms with Crippen molar-refractivity contribution < 1.29 is 4.21 Å². The molecule has 1 saturated carbocycles. The third-order valence-electron chi connectivity index (χ3n) is 4.02. The smallest absolute Gasteiger partial charge is 0.0249 e. The Bertz CT molecular complexity index is 226. The molecule has 1 saturated heterocycles. The van der Waals surface area contributed by atoms with Gasteiger partial charge in [0.1, 0.15) is 0 Å². The van der Waals surface area contributed by atoms with E-state index in [9.17, 15) is 4.21 Å². The molecule has 2 aliphatic rings. The molecule has 0 aromatic heterocycles. The van der Waals surface area contributed by atoms with E-state index in [1.54, 1.807) is 0 Å². The molecule has 2 fully saturated rings. The van der Waals surface area contributed by atoms with Gasteiger partial charge in [-0.3, -0.25) is 4.21 Å². The zero-order valence-corrected chi connectivity index (χ0v) is 10.6. The lowest BCUT2D eigenvalue weighted by Crippen LogP contribution is -2.40. The van der Waals surface area contributed by atoms with Gasteiger partial charge in [-0.2, -0.15) is 0 Å². The van der Waals surface area contributed by atoms with Crippen LogP contribution in [0, 0.1) is 5.41 Å². The Morgan fingerprint density at radius 3 is 2.47 bits per heavy atom. The van der Waals surface area contributed by atoms with Crippen molar-refractivity contribution in [3.63, 3.8) is 0 Å². The molecule has 0 unspecified atom stereocenters. The van der Waals surface area contributed by atoms with Crippen molar-refractivity contribution in [3.8, 4) is 0 Å². The second kappa shape index (κ2) is 4.96. The fourth-order valence-corrected chi connectivity index (χ4v) is 4.09. The van der Waals surface area contributed by atoms with Crippen LogP contribution in [0.3, 0.4) is 0 Å². The Morgan fingerprint density at radius 1 is 1.27 bits per heavy atom. The molecule has 1 heterocycles. The summed E-state index contributed by atoms with van der Waals surface area (Å²) in [6.45, 7) is 3.58. The summed E-state index contributed by atoms with van der Waals surface area (Å²) in [5.74, 6) is 1.82. The lowest BCUT2D eigenvalue weighted by atomic mass is 9.88. The molecule has 1 N–H and O–H groups in total. The van der Waals surface area contributed by atoms with Gasteiger partial charge in [-0.15, -0.1) is 0 Å². The minimum atomic E-state index is -0.517. The standard InChI is InChI=1S/C12H23NOS/c1-12(6-2-3-7-12)10-13-11-4-8-15(14)9-5-11/h11,13H,2-10H2,1H3. The van der Waals surface area contributed by atoms with Crippen LogP contribution in [0.25, 0.3) is 0 Å². The maximum Gasteiger partial charge on any atom is 0.0249 e. The molecule has 0 amide bonds. The molecule has 0 radical (unpaired) electrons. The van der Waals surface area contributed by atoms with Crippen LogP contribution in [0.5, 0.6) is 0 Å². The van der Waals surface area contributed by atoms with E-state index < -0.39 is 10.8 Å². The van der Waals surface area contributed by atoms with E-state index in [0.29, 0.717) is 11.5 Å². The van der Waals surface area contributed by atoms with Gasteiger partial charge in [-0.05, 0) is 31.1 Å². The zero-order chi connectivity index (χ0) is 10.7. The van der Waals surface area contributed by atoms with Gasteiger partial charge in [0.15, 0.2) is 0 Å². The van der Waals surface area contributed by atoms with Gasteiger partial charge in [-0.1, -0.05) is 19.8 Å². The van der Waals surface area contributed by atoms with Gasteiger partial charge < -0.3 is 5.32 Å². The summed E-state index contributed by atoms with van der Waals surface area (Å²) in [5, 5.41) is 3.69. The SMILES string of the molecule is CC1(CNC2CCS(=O)CC2)CCCC1. The van der Waals surface area contributed by atoms with Gasteiger partial charge in [0.2, 0.25) is 0 Å². The fraction of sp³-hybridized carbons (Fsp3) is 1.00. The third kappa shape index (κ3) is 3.28. The van der Waals surface area contributed by atoms with E-state index in [2.05, 4.69) is 12.2 Å². The Labute approximate surface area is 95.7 Å². The summed E-state index contributed by atoms with van der Waals surface area (Å²) in [6.07, 6.45) is 7.82. The van der Waals surface area contributed by atoms with Crippen molar-refractivity contribution in [2.24, 2.45) is 5.41 Å². The largest absolute Gasteiger partial charge is 0.313 e. The quantitative estimate of drug-likeness (QED) is 0.802. The maximum atomic E-state index is 11.2. The second-order valence-electron chi connectivity index (χ2n) is 5.52. The topological polar surface area (TPSA) is 29.1 Å². The van der Waals surface area contributed by atoms with E-state index in [4.69, 9.17) is 0 Å². The van der Waals surface area contributed by atoms with Crippen LogP contribution in [0.15, 0.2) is 0 Å². The van der Waals surface area contributed by atoms with E-state index in [0.717, 1.165) is 24.3 Å². The summed E-state index contributed by atoms with van der Waals surface area (Å²) in [4.78, 5) is 0. The zero-order valence-electron chi connectivity index (χ0n) is 9.76. The van der Waals surface area contributed by atoms with Crippen molar-refractivity contribution in [1.82, 2.24) is 5.32 Å². The van der Waals surface area contributed by atoms with Crippen LogP contribution in [0.4, 0.5) is 0 Å². The van der Waals surface area contributed by atoms with Crippen molar-refractivity contribution >= 4 is 10.8 Å². The monoisotopic (exact) mass is 229 g/mol. The minimum Gasteiger partial charge on any atom is -0.313 e. The number of hydrogen-bond donors (Lipinski definition) is 1. The molecule has 0 bridgehead atoms. The molecule has 0 aromatic carbocycles. The van der Waals surface area contributed by atoms with Gasteiger partial charge in [0.05, 0.1) is 0 Å². The van der Waals surface area contributed by atoms with Crippen LogP contribution < -0.4 is 5.32 Å². The van der Waals surface area contributed by atoms with Gasteiger partial charge in [0.25, 0.3) is 0 Å². The number of hydrogen-bond acceptors (Lipinski definition) is 2.